The van der Waals surface area contributed by atoms with Gasteiger partial charge in [-0.2, -0.15) is 5.26 Å². The van der Waals surface area contributed by atoms with Crippen LogP contribution in [0.25, 0.3) is 0 Å². The van der Waals surface area contributed by atoms with Crippen LogP contribution in [-0.4, -0.2) is 30.1 Å². The molecule has 5 nitrogen and oxygen atoms in total. The van der Waals surface area contributed by atoms with Gasteiger partial charge in [-0.25, -0.2) is 9.97 Å². The van der Waals surface area contributed by atoms with Crippen molar-refractivity contribution in [3.05, 3.63) is 11.4 Å². The molecule has 0 bridgehead atoms. The molecule has 0 saturated heterocycles. The summed E-state index contributed by atoms with van der Waals surface area (Å²) in [7, 11) is 1.98. The average Bonchev–Trinajstić information content (AvgIpc) is 2.45. The molecule has 1 atom stereocenters. The molecule has 0 spiro atoms. The number of nitrogens with one attached hydrogen (secondary N) is 1. The van der Waals surface area contributed by atoms with E-state index in [9.17, 15) is 0 Å². The van der Waals surface area contributed by atoms with Gasteiger partial charge in [0.1, 0.15) is 17.5 Å². The summed E-state index contributed by atoms with van der Waals surface area (Å²) < 4.78 is 0. The summed E-state index contributed by atoms with van der Waals surface area (Å²) in [6.07, 6.45) is 1.86. The van der Waals surface area contributed by atoms with Crippen LogP contribution >= 0.6 is 0 Å². The van der Waals surface area contributed by atoms with E-state index in [-0.39, 0.29) is 5.92 Å². The summed E-state index contributed by atoms with van der Waals surface area (Å²) >= 11 is 0. The van der Waals surface area contributed by atoms with Crippen molar-refractivity contribution in [1.29, 1.82) is 5.26 Å². The van der Waals surface area contributed by atoms with Gasteiger partial charge in [0.15, 0.2) is 0 Å². The Morgan fingerprint density at radius 3 is 2.60 bits per heavy atom. The standard InChI is InChI=1S/C15H25N5/c1-6-8-17-14-12(4)15(19-13(7-2)18-14)20(5)10-11(3)9-16/h11H,6-8,10H2,1-5H3,(H,17,18,19). The molecule has 0 amide bonds. The van der Waals surface area contributed by atoms with E-state index in [1.807, 2.05) is 25.8 Å². The third-order valence-electron chi connectivity index (χ3n) is 3.15. The Morgan fingerprint density at radius 2 is 2.05 bits per heavy atom. The first-order chi connectivity index (χ1) is 9.53. The van der Waals surface area contributed by atoms with Crippen LogP contribution in [0, 0.1) is 24.2 Å². The van der Waals surface area contributed by atoms with Gasteiger partial charge >= 0.3 is 0 Å². The number of aromatic nitrogens is 2. The highest BCUT2D eigenvalue weighted by Gasteiger charge is 2.15. The molecule has 0 aliphatic carbocycles. The van der Waals surface area contributed by atoms with Crippen molar-refractivity contribution < 1.29 is 0 Å². The largest absolute Gasteiger partial charge is 0.370 e. The quantitative estimate of drug-likeness (QED) is 0.829. The highest BCUT2D eigenvalue weighted by Crippen LogP contribution is 2.23. The van der Waals surface area contributed by atoms with Crippen molar-refractivity contribution in [2.24, 2.45) is 5.92 Å². The first-order valence-electron chi connectivity index (χ1n) is 7.25. The first-order valence-corrected chi connectivity index (χ1v) is 7.25. The fourth-order valence-corrected chi connectivity index (χ4v) is 2.03. The second-order valence-electron chi connectivity index (χ2n) is 5.13. The van der Waals surface area contributed by atoms with Gasteiger partial charge in [-0.15, -0.1) is 0 Å². The number of nitrogens with zero attached hydrogens (tertiary/aromatic N) is 4. The highest BCUT2D eigenvalue weighted by molar-refractivity contribution is 5.58. The smallest absolute Gasteiger partial charge is 0.137 e. The molecule has 0 radical (unpaired) electrons. The van der Waals surface area contributed by atoms with Crippen LogP contribution in [0.15, 0.2) is 0 Å². The van der Waals surface area contributed by atoms with Crippen LogP contribution in [0.4, 0.5) is 11.6 Å². The summed E-state index contributed by atoms with van der Waals surface area (Å²) in [6.45, 7) is 9.70. The van der Waals surface area contributed by atoms with E-state index in [1.54, 1.807) is 0 Å². The molecule has 1 heterocycles. The normalized spacial score (nSPS) is 11.8. The maximum atomic E-state index is 8.95. The summed E-state index contributed by atoms with van der Waals surface area (Å²) in [6, 6.07) is 2.26. The van der Waals surface area contributed by atoms with Crippen molar-refractivity contribution in [2.75, 3.05) is 30.4 Å². The molecule has 0 aliphatic heterocycles. The molecule has 110 valence electrons. The molecular weight excluding hydrogens is 250 g/mol. The van der Waals surface area contributed by atoms with Gasteiger partial charge in [-0.1, -0.05) is 13.8 Å². The second kappa shape index (κ2) is 7.68. The van der Waals surface area contributed by atoms with Crippen molar-refractivity contribution in [3.8, 4) is 6.07 Å². The highest BCUT2D eigenvalue weighted by atomic mass is 15.2. The van der Waals surface area contributed by atoms with Crippen molar-refractivity contribution >= 4 is 11.6 Å². The predicted octanol–water partition coefficient (Wildman–Crippen LogP) is 2.77. The lowest BCUT2D eigenvalue weighted by atomic mass is 10.2. The van der Waals surface area contributed by atoms with E-state index in [2.05, 4.69) is 35.2 Å². The van der Waals surface area contributed by atoms with Gasteiger partial charge in [0.25, 0.3) is 0 Å². The van der Waals surface area contributed by atoms with Gasteiger partial charge in [0.2, 0.25) is 0 Å². The first kappa shape index (κ1) is 16.2. The number of hydrogen-bond donors (Lipinski definition) is 1. The Hall–Kier alpha value is -1.83. The van der Waals surface area contributed by atoms with E-state index in [0.29, 0.717) is 6.54 Å². The zero-order valence-corrected chi connectivity index (χ0v) is 13.2. The molecule has 0 fully saturated rings. The van der Waals surface area contributed by atoms with Crippen molar-refractivity contribution in [3.63, 3.8) is 0 Å². The molecule has 1 aromatic rings. The Morgan fingerprint density at radius 1 is 1.35 bits per heavy atom. The monoisotopic (exact) mass is 275 g/mol. The average molecular weight is 275 g/mol. The third kappa shape index (κ3) is 4.09. The molecule has 1 aromatic heterocycles. The Balaban J connectivity index is 3.07. The van der Waals surface area contributed by atoms with Crippen molar-refractivity contribution in [2.45, 2.75) is 40.5 Å². The minimum Gasteiger partial charge on any atom is -0.370 e. The summed E-state index contributed by atoms with van der Waals surface area (Å²) in [4.78, 5) is 11.2. The molecule has 0 aliphatic rings. The van der Waals surface area contributed by atoms with Crippen molar-refractivity contribution in [1.82, 2.24) is 9.97 Å². The Bertz CT molecular complexity index is 478. The van der Waals surface area contributed by atoms with Crippen LogP contribution in [0.3, 0.4) is 0 Å². The maximum absolute atomic E-state index is 8.95. The lowest BCUT2D eigenvalue weighted by molar-refractivity contribution is 0.704. The van der Waals surface area contributed by atoms with Crippen LogP contribution in [0.5, 0.6) is 0 Å². The SMILES string of the molecule is CCCNc1nc(CC)nc(N(C)CC(C)C#N)c1C. The third-order valence-corrected chi connectivity index (χ3v) is 3.15. The second-order valence-corrected chi connectivity index (χ2v) is 5.13. The molecule has 0 aromatic carbocycles. The minimum absolute atomic E-state index is 0.0218. The molecule has 1 rings (SSSR count). The number of rotatable bonds is 7. The molecular formula is C15H25N5. The van der Waals surface area contributed by atoms with E-state index < -0.39 is 0 Å². The molecule has 20 heavy (non-hydrogen) atoms. The lowest BCUT2D eigenvalue weighted by Crippen LogP contribution is -2.26. The Kier molecular flexibility index (Phi) is 6.23. The summed E-state index contributed by atoms with van der Waals surface area (Å²) in [5, 5.41) is 12.3. The summed E-state index contributed by atoms with van der Waals surface area (Å²) in [5.41, 5.74) is 1.04. The number of aryl methyl sites for hydroxylation is 1. The van der Waals surface area contributed by atoms with Crippen LogP contribution in [0.1, 0.15) is 38.6 Å². The van der Waals surface area contributed by atoms with E-state index >= 15 is 0 Å². The zero-order valence-electron chi connectivity index (χ0n) is 13.2. The number of hydrogen-bond acceptors (Lipinski definition) is 5. The topological polar surface area (TPSA) is 64.8 Å². The maximum Gasteiger partial charge on any atom is 0.137 e. The van der Waals surface area contributed by atoms with Gasteiger partial charge < -0.3 is 10.2 Å². The molecule has 1 unspecified atom stereocenters. The fourth-order valence-electron chi connectivity index (χ4n) is 2.03. The number of nitriles is 1. The van der Waals surface area contributed by atoms with Gasteiger partial charge in [-0.3, -0.25) is 0 Å². The molecule has 0 saturated carbocycles. The van der Waals surface area contributed by atoms with Gasteiger partial charge in [0, 0.05) is 32.1 Å². The minimum atomic E-state index is -0.0218. The van der Waals surface area contributed by atoms with E-state index in [0.717, 1.165) is 42.4 Å². The van der Waals surface area contributed by atoms with Gasteiger partial charge in [0.05, 0.1) is 12.0 Å². The zero-order chi connectivity index (χ0) is 15.1. The van der Waals surface area contributed by atoms with Crippen LogP contribution < -0.4 is 10.2 Å². The predicted molar refractivity (Wildman–Crippen MR) is 83.0 cm³/mol. The van der Waals surface area contributed by atoms with E-state index in [1.165, 1.54) is 0 Å². The fraction of sp³-hybridized carbons (Fsp3) is 0.667. The van der Waals surface area contributed by atoms with E-state index in [4.69, 9.17) is 5.26 Å². The summed E-state index contributed by atoms with van der Waals surface area (Å²) in [5.74, 6) is 2.63. The molecule has 1 N–H and O–H groups in total. The van der Waals surface area contributed by atoms with Crippen LogP contribution in [0.2, 0.25) is 0 Å². The van der Waals surface area contributed by atoms with Crippen LogP contribution in [-0.2, 0) is 6.42 Å². The molecule has 5 heteroatoms. The lowest BCUT2D eigenvalue weighted by Gasteiger charge is -2.23. The van der Waals surface area contributed by atoms with Gasteiger partial charge in [-0.05, 0) is 20.3 Å². The Labute approximate surface area is 122 Å². The number of anilines is 2.